The zero-order valence-electron chi connectivity index (χ0n) is 7.00. The van der Waals surface area contributed by atoms with Crippen LogP contribution < -0.4 is 0 Å². The van der Waals surface area contributed by atoms with Gasteiger partial charge in [-0.3, -0.25) is 4.79 Å². The molecule has 0 aromatic carbocycles. The van der Waals surface area contributed by atoms with Crippen LogP contribution in [0.5, 0.6) is 0 Å². The number of carbonyl (C=O) groups is 1. The molecule has 0 saturated carbocycles. The van der Waals surface area contributed by atoms with Crippen LogP contribution in [0.2, 0.25) is 0 Å². The summed E-state index contributed by atoms with van der Waals surface area (Å²) in [6, 6.07) is 0. The smallest absolute Gasteiger partial charge is 0.307 e. The minimum absolute atomic E-state index is 0.154. The van der Waals surface area contributed by atoms with E-state index in [-0.39, 0.29) is 11.8 Å². The Hall–Kier alpha value is -0.790. The predicted octanol–water partition coefficient (Wildman–Crippen LogP) is 2.06. The van der Waals surface area contributed by atoms with E-state index in [0.717, 1.165) is 12.8 Å². The maximum atomic E-state index is 10.6. The first-order valence-electron chi connectivity index (χ1n) is 4.01. The molecule has 0 fully saturated rings. The molecule has 11 heavy (non-hydrogen) atoms. The lowest BCUT2D eigenvalue weighted by Crippen LogP contribution is -2.23. The van der Waals surface area contributed by atoms with Gasteiger partial charge in [0.15, 0.2) is 0 Å². The van der Waals surface area contributed by atoms with Gasteiger partial charge in [0, 0.05) is 0 Å². The summed E-state index contributed by atoms with van der Waals surface area (Å²) in [4.78, 5) is 10.6. The van der Waals surface area contributed by atoms with Gasteiger partial charge in [-0.2, -0.15) is 0 Å². The predicted molar refractivity (Wildman–Crippen MR) is 43.3 cm³/mol. The van der Waals surface area contributed by atoms with Crippen molar-refractivity contribution in [2.75, 3.05) is 0 Å². The van der Waals surface area contributed by atoms with Gasteiger partial charge in [-0.1, -0.05) is 18.6 Å². The summed E-state index contributed by atoms with van der Waals surface area (Å²) in [5.74, 6) is -0.596. The van der Waals surface area contributed by atoms with Crippen LogP contribution in [0.4, 0.5) is 0 Å². The fourth-order valence-corrected chi connectivity index (χ4v) is 1.64. The Bertz CT molecular complexity index is 194. The summed E-state index contributed by atoms with van der Waals surface area (Å²) in [5, 5.41) is 8.77. The van der Waals surface area contributed by atoms with Crippen molar-refractivity contribution in [3.8, 4) is 0 Å². The number of aliphatic carboxylic acids is 1. The van der Waals surface area contributed by atoms with Crippen molar-refractivity contribution in [2.45, 2.75) is 26.7 Å². The maximum Gasteiger partial charge on any atom is 0.307 e. The Morgan fingerprint density at radius 1 is 1.73 bits per heavy atom. The lowest BCUT2D eigenvalue weighted by atomic mass is 9.82. The molecule has 0 spiro atoms. The molecule has 2 heteroatoms. The van der Waals surface area contributed by atoms with Crippen LogP contribution in [0.15, 0.2) is 11.6 Å². The zero-order chi connectivity index (χ0) is 8.43. The average Bonchev–Trinajstić information content (AvgIpc) is 1.85. The van der Waals surface area contributed by atoms with E-state index in [1.807, 2.05) is 6.92 Å². The molecule has 2 nitrogen and oxygen atoms in total. The SMILES string of the molecule is CC1=CC(C)C(C(=O)O)CC1. The molecular weight excluding hydrogens is 140 g/mol. The first kappa shape index (κ1) is 8.31. The van der Waals surface area contributed by atoms with Crippen LogP contribution in [-0.4, -0.2) is 11.1 Å². The van der Waals surface area contributed by atoms with Crippen LogP contribution in [0.3, 0.4) is 0 Å². The van der Waals surface area contributed by atoms with E-state index < -0.39 is 5.97 Å². The number of allylic oxidation sites excluding steroid dienone is 2. The maximum absolute atomic E-state index is 10.6. The molecular formula is C9H14O2. The fourth-order valence-electron chi connectivity index (χ4n) is 1.64. The van der Waals surface area contributed by atoms with Crippen LogP contribution in [0.25, 0.3) is 0 Å². The quantitative estimate of drug-likeness (QED) is 0.587. The molecule has 1 rings (SSSR count). The number of hydrogen-bond donors (Lipinski definition) is 1. The summed E-state index contributed by atoms with van der Waals surface area (Å²) < 4.78 is 0. The molecule has 0 saturated heterocycles. The van der Waals surface area contributed by atoms with E-state index in [2.05, 4.69) is 13.0 Å². The van der Waals surface area contributed by atoms with Gasteiger partial charge in [0.2, 0.25) is 0 Å². The molecule has 0 aromatic rings. The van der Waals surface area contributed by atoms with Crippen LogP contribution in [0, 0.1) is 11.8 Å². The Balaban J connectivity index is 2.68. The molecule has 0 aliphatic heterocycles. The summed E-state index contributed by atoms with van der Waals surface area (Å²) in [6.45, 7) is 4.04. The monoisotopic (exact) mass is 154 g/mol. The molecule has 0 aromatic heterocycles. The van der Waals surface area contributed by atoms with Gasteiger partial charge in [-0.25, -0.2) is 0 Å². The van der Waals surface area contributed by atoms with Gasteiger partial charge in [-0.15, -0.1) is 0 Å². The van der Waals surface area contributed by atoms with Crippen molar-refractivity contribution < 1.29 is 9.90 Å². The highest BCUT2D eigenvalue weighted by Crippen LogP contribution is 2.28. The lowest BCUT2D eigenvalue weighted by molar-refractivity contribution is -0.143. The molecule has 0 heterocycles. The fraction of sp³-hybridized carbons (Fsp3) is 0.667. The third-order valence-electron chi connectivity index (χ3n) is 2.35. The Morgan fingerprint density at radius 3 is 2.82 bits per heavy atom. The Kier molecular flexibility index (Phi) is 2.32. The van der Waals surface area contributed by atoms with Crippen molar-refractivity contribution in [2.24, 2.45) is 11.8 Å². The highest BCUT2D eigenvalue weighted by atomic mass is 16.4. The van der Waals surface area contributed by atoms with Crippen molar-refractivity contribution in [1.82, 2.24) is 0 Å². The van der Waals surface area contributed by atoms with Gasteiger partial charge in [0.1, 0.15) is 0 Å². The molecule has 0 amide bonds. The number of rotatable bonds is 1. The third-order valence-corrected chi connectivity index (χ3v) is 2.35. The minimum Gasteiger partial charge on any atom is -0.481 e. The Morgan fingerprint density at radius 2 is 2.36 bits per heavy atom. The number of carboxylic acids is 1. The zero-order valence-corrected chi connectivity index (χ0v) is 7.00. The second kappa shape index (κ2) is 3.07. The summed E-state index contributed by atoms with van der Waals surface area (Å²) in [5.41, 5.74) is 1.33. The lowest BCUT2D eigenvalue weighted by Gasteiger charge is -2.22. The normalized spacial score (nSPS) is 31.3. The second-order valence-corrected chi connectivity index (χ2v) is 3.36. The van der Waals surface area contributed by atoms with Crippen LogP contribution in [-0.2, 0) is 4.79 Å². The molecule has 2 unspecified atom stereocenters. The molecule has 0 bridgehead atoms. The van der Waals surface area contributed by atoms with E-state index in [0.29, 0.717) is 0 Å². The van der Waals surface area contributed by atoms with Crippen LogP contribution >= 0.6 is 0 Å². The van der Waals surface area contributed by atoms with Gasteiger partial charge in [-0.05, 0) is 25.7 Å². The van der Waals surface area contributed by atoms with Crippen molar-refractivity contribution in [1.29, 1.82) is 0 Å². The minimum atomic E-state index is -0.652. The van der Waals surface area contributed by atoms with E-state index >= 15 is 0 Å². The summed E-state index contributed by atoms with van der Waals surface area (Å²) >= 11 is 0. The first-order valence-corrected chi connectivity index (χ1v) is 4.01. The third kappa shape index (κ3) is 1.82. The highest BCUT2D eigenvalue weighted by molar-refractivity contribution is 5.70. The molecule has 0 radical (unpaired) electrons. The van der Waals surface area contributed by atoms with E-state index in [1.54, 1.807) is 0 Å². The molecule has 2 atom stereocenters. The van der Waals surface area contributed by atoms with Crippen molar-refractivity contribution in [3.63, 3.8) is 0 Å². The molecule has 1 N–H and O–H groups in total. The number of hydrogen-bond acceptors (Lipinski definition) is 1. The highest BCUT2D eigenvalue weighted by Gasteiger charge is 2.25. The van der Waals surface area contributed by atoms with Crippen molar-refractivity contribution in [3.05, 3.63) is 11.6 Å². The van der Waals surface area contributed by atoms with Crippen molar-refractivity contribution >= 4 is 5.97 Å². The topological polar surface area (TPSA) is 37.3 Å². The molecule has 62 valence electrons. The average molecular weight is 154 g/mol. The van der Waals surface area contributed by atoms with E-state index in [9.17, 15) is 4.79 Å². The molecule has 1 aliphatic carbocycles. The summed E-state index contributed by atoms with van der Waals surface area (Å²) in [6.07, 6.45) is 3.82. The van der Waals surface area contributed by atoms with Gasteiger partial charge in [0.05, 0.1) is 5.92 Å². The van der Waals surface area contributed by atoms with Gasteiger partial charge in [0.25, 0.3) is 0 Å². The van der Waals surface area contributed by atoms with Gasteiger partial charge >= 0.3 is 5.97 Å². The van der Waals surface area contributed by atoms with Gasteiger partial charge < -0.3 is 5.11 Å². The van der Waals surface area contributed by atoms with E-state index in [1.165, 1.54) is 5.57 Å². The van der Waals surface area contributed by atoms with Crippen LogP contribution in [0.1, 0.15) is 26.7 Å². The number of carboxylic acid groups (broad SMARTS) is 1. The molecule has 1 aliphatic rings. The standard InChI is InChI=1S/C9H14O2/c1-6-3-4-8(9(10)11)7(2)5-6/h5,7-8H,3-4H2,1-2H3,(H,10,11). The second-order valence-electron chi connectivity index (χ2n) is 3.36. The largest absolute Gasteiger partial charge is 0.481 e. The van der Waals surface area contributed by atoms with E-state index in [4.69, 9.17) is 5.11 Å². The Labute approximate surface area is 66.9 Å². The first-order chi connectivity index (χ1) is 5.11. The summed E-state index contributed by atoms with van der Waals surface area (Å²) in [7, 11) is 0.